The van der Waals surface area contributed by atoms with Gasteiger partial charge in [0, 0.05) is 6.20 Å². The molecule has 2 aromatic rings. The lowest BCUT2D eigenvalue weighted by molar-refractivity contribution is 0.292. The SMILES string of the molecule is NC(=S)c1cncnc1OCc1ccccc1. The number of hydrogen-bond acceptors (Lipinski definition) is 4. The van der Waals surface area contributed by atoms with Crippen molar-refractivity contribution in [3.05, 3.63) is 54.0 Å². The normalized spacial score (nSPS) is 9.88. The Morgan fingerprint density at radius 1 is 1.29 bits per heavy atom. The lowest BCUT2D eigenvalue weighted by Crippen LogP contribution is -2.13. The molecule has 1 heterocycles. The minimum absolute atomic E-state index is 0.230. The predicted molar refractivity (Wildman–Crippen MR) is 68.7 cm³/mol. The van der Waals surface area contributed by atoms with E-state index in [0.717, 1.165) is 5.56 Å². The van der Waals surface area contributed by atoms with Gasteiger partial charge >= 0.3 is 0 Å². The van der Waals surface area contributed by atoms with Crippen LogP contribution < -0.4 is 10.5 Å². The summed E-state index contributed by atoms with van der Waals surface area (Å²) in [5, 5.41) is 0. The average molecular weight is 245 g/mol. The van der Waals surface area contributed by atoms with E-state index < -0.39 is 0 Å². The Kier molecular flexibility index (Phi) is 3.62. The average Bonchev–Trinajstić information content (AvgIpc) is 2.38. The van der Waals surface area contributed by atoms with Crippen LogP contribution in [0.1, 0.15) is 11.1 Å². The van der Waals surface area contributed by atoms with Crippen molar-refractivity contribution in [2.75, 3.05) is 0 Å². The highest BCUT2D eigenvalue weighted by Crippen LogP contribution is 2.14. The van der Waals surface area contributed by atoms with Gasteiger partial charge in [0.1, 0.15) is 17.9 Å². The van der Waals surface area contributed by atoms with Gasteiger partial charge in [-0.15, -0.1) is 0 Å². The number of nitrogens with two attached hydrogens (primary N) is 1. The Morgan fingerprint density at radius 3 is 2.76 bits per heavy atom. The number of thiocarbonyl (C=S) groups is 1. The molecule has 5 heteroatoms. The van der Waals surface area contributed by atoms with Gasteiger partial charge in [0.05, 0.1) is 5.56 Å². The van der Waals surface area contributed by atoms with E-state index in [9.17, 15) is 0 Å². The lowest BCUT2D eigenvalue weighted by atomic mass is 10.2. The van der Waals surface area contributed by atoms with E-state index in [-0.39, 0.29) is 4.99 Å². The molecule has 0 aliphatic carbocycles. The largest absolute Gasteiger partial charge is 0.472 e. The molecular formula is C12H11N3OS. The molecule has 0 radical (unpaired) electrons. The molecule has 86 valence electrons. The Morgan fingerprint density at radius 2 is 2.06 bits per heavy atom. The number of nitrogens with zero attached hydrogens (tertiary/aromatic N) is 2. The van der Waals surface area contributed by atoms with E-state index in [1.165, 1.54) is 6.33 Å². The van der Waals surface area contributed by atoms with Crippen LogP contribution in [0.5, 0.6) is 5.88 Å². The summed E-state index contributed by atoms with van der Waals surface area (Å²) >= 11 is 4.90. The van der Waals surface area contributed by atoms with Crippen LogP contribution in [0.15, 0.2) is 42.9 Å². The number of aromatic nitrogens is 2. The molecule has 0 saturated heterocycles. The maximum Gasteiger partial charge on any atom is 0.227 e. The summed E-state index contributed by atoms with van der Waals surface area (Å²) in [6.07, 6.45) is 2.96. The molecule has 0 fully saturated rings. The quantitative estimate of drug-likeness (QED) is 0.831. The molecule has 17 heavy (non-hydrogen) atoms. The van der Waals surface area contributed by atoms with E-state index in [1.54, 1.807) is 6.20 Å². The molecule has 2 rings (SSSR count). The third-order valence-electron chi connectivity index (χ3n) is 2.16. The minimum Gasteiger partial charge on any atom is -0.472 e. The van der Waals surface area contributed by atoms with Gasteiger partial charge in [0.15, 0.2) is 0 Å². The third-order valence-corrected chi connectivity index (χ3v) is 2.38. The van der Waals surface area contributed by atoms with Gasteiger partial charge in [-0.25, -0.2) is 9.97 Å². The summed E-state index contributed by atoms with van der Waals surface area (Å²) in [6, 6.07) is 9.80. The standard InChI is InChI=1S/C12H11N3OS/c13-11(17)10-6-14-8-15-12(10)16-7-9-4-2-1-3-5-9/h1-6,8H,7H2,(H2,13,17). The van der Waals surface area contributed by atoms with Crippen LogP contribution in [0.2, 0.25) is 0 Å². The number of ether oxygens (including phenoxy) is 1. The fourth-order valence-electron chi connectivity index (χ4n) is 1.33. The maximum atomic E-state index is 5.57. The summed E-state index contributed by atoms with van der Waals surface area (Å²) in [6.45, 7) is 0.424. The van der Waals surface area contributed by atoms with Gasteiger partial charge in [-0.1, -0.05) is 42.5 Å². The van der Waals surface area contributed by atoms with Crippen LogP contribution in [0, 0.1) is 0 Å². The second-order valence-corrected chi connectivity index (χ2v) is 3.82. The zero-order chi connectivity index (χ0) is 12.1. The maximum absolute atomic E-state index is 5.57. The van der Waals surface area contributed by atoms with Crippen LogP contribution in [0.3, 0.4) is 0 Å². The van der Waals surface area contributed by atoms with E-state index in [4.69, 9.17) is 22.7 Å². The fourth-order valence-corrected chi connectivity index (χ4v) is 1.47. The van der Waals surface area contributed by atoms with Crippen molar-refractivity contribution in [3.8, 4) is 5.88 Å². The highest BCUT2D eigenvalue weighted by Gasteiger charge is 2.07. The van der Waals surface area contributed by atoms with Crippen molar-refractivity contribution < 1.29 is 4.74 Å². The van der Waals surface area contributed by atoms with E-state index in [0.29, 0.717) is 18.1 Å². The van der Waals surface area contributed by atoms with Crippen molar-refractivity contribution in [1.29, 1.82) is 0 Å². The molecule has 4 nitrogen and oxygen atoms in total. The van der Waals surface area contributed by atoms with Crippen molar-refractivity contribution in [2.45, 2.75) is 6.61 Å². The van der Waals surface area contributed by atoms with Gasteiger partial charge in [-0.05, 0) is 5.56 Å². The molecule has 0 spiro atoms. The summed E-state index contributed by atoms with van der Waals surface area (Å²) in [5.74, 6) is 0.413. The van der Waals surface area contributed by atoms with Crippen LogP contribution in [0.25, 0.3) is 0 Å². The smallest absolute Gasteiger partial charge is 0.227 e. The van der Waals surface area contributed by atoms with Crippen LogP contribution in [0.4, 0.5) is 0 Å². The third kappa shape index (κ3) is 2.98. The van der Waals surface area contributed by atoms with Gasteiger partial charge in [-0.3, -0.25) is 0 Å². The Hall–Kier alpha value is -2.01. The summed E-state index contributed by atoms with van der Waals surface area (Å²) in [4.78, 5) is 8.11. The highest BCUT2D eigenvalue weighted by molar-refractivity contribution is 7.80. The first-order valence-electron chi connectivity index (χ1n) is 5.04. The molecule has 0 unspecified atom stereocenters. The van der Waals surface area contributed by atoms with E-state index >= 15 is 0 Å². The van der Waals surface area contributed by atoms with Crippen LogP contribution >= 0.6 is 12.2 Å². The second-order valence-electron chi connectivity index (χ2n) is 3.38. The van der Waals surface area contributed by atoms with Crippen LogP contribution in [-0.2, 0) is 6.61 Å². The van der Waals surface area contributed by atoms with Crippen molar-refractivity contribution in [3.63, 3.8) is 0 Å². The highest BCUT2D eigenvalue weighted by atomic mass is 32.1. The zero-order valence-electron chi connectivity index (χ0n) is 9.04. The molecule has 1 aromatic carbocycles. The zero-order valence-corrected chi connectivity index (χ0v) is 9.85. The number of rotatable bonds is 4. The monoisotopic (exact) mass is 245 g/mol. The van der Waals surface area contributed by atoms with Gasteiger partial charge in [-0.2, -0.15) is 0 Å². The molecule has 0 aliphatic rings. The Balaban J connectivity index is 2.12. The van der Waals surface area contributed by atoms with Gasteiger partial charge < -0.3 is 10.5 Å². The molecule has 0 bridgehead atoms. The molecule has 2 N–H and O–H groups in total. The Labute approximate surface area is 104 Å². The summed E-state index contributed by atoms with van der Waals surface area (Å²) in [7, 11) is 0. The van der Waals surface area contributed by atoms with Crippen molar-refractivity contribution >= 4 is 17.2 Å². The first kappa shape index (κ1) is 11.5. The fraction of sp³-hybridized carbons (Fsp3) is 0.0833. The van der Waals surface area contributed by atoms with Crippen LogP contribution in [-0.4, -0.2) is 15.0 Å². The number of hydrogen-bond donors (Lipinski definition) is 1. The molecule has 0 aliphatic heterocycles. The topological polar surface area (TPSA) is 61.0 Å². The molecule has 0 amide bonds. The second kappa shape index (κ2) is 5.36. The molecular weight excluding hydrogens is 234 g/mol. The summed E-state index contributed by atoms with van der Waals surface area (Å²) in [5.41, 5.74) is 7.16. The first-order chi connectivity index (χ1) is 8.27. The Bertz CT molecular complexity index is 516. The minimum atomic E-state index is 0.230. The summed E-state index contributed by atoms with van der Waals surface area (Å²) < 4.78 is 5.57. The van der Waals surface area contributed by atoms with Crippen molar-refractivity contribution in [1.82, 2.24) is 9.97 Å². The molecule has 1 aromatic heterocycles. The van der Waals surface area contributed by atoms with E-state index in [2.05, 4.69) is 9.97 Å². The first-order valence-corrected chi connectivity index (χ1v) is 5.44. The van der Waals surface area contributed by atoms with Gasteiger partial charge in [0.2, 0.25) is 5.88 Å². The van der Waals surface area contributed by atoms with Gasteiger partial charge in [0.25, 0.3) is 0 Å². The van der Waals surface area contributed by atoms with E-state index in [1.807, 2.05) is 30.3 Å². The van der Waals surface area contributed by atoms with Crippen molar-refractivity contribution in [2.24, 2.45) is 5.73 Å². The lowest BCUT2D eigenvalue weighted by Gasteiger charge is -2.08. The molecule has 0 atom stereocenters. The predicted octanol–water partition coefficient (Wildman–Crippen LogP) is 1.69. The number of benzene rings is 1. The molecule has 0 saturated carbocycles.